The number of hydrogen-bond donors (Lipinski definition) is 3. The summed E-state index contributed by atoms with van der Waals surface area (Å²) in [5.41, 5.74) is 4.85. The average Bonchev–Trinajstić information content (AvgIpc) is 2.74. The molecular formula is C9H14N3O6P. The van der Waals surface area contributed by atoms with E-state index in [1.54, 1.807) is 0 Å². The molecule has 1 fully saturated rings. The molecule has 2 rings (SSSR count). The van der Waals surface area contributed by atoms with E-state index in [9.17, 15) is 9.36 Å². The Labute approximate surface area is 108 Å². The largest absolute Gasteiger partial charge is 0.469 e. The summed E-state index contributed by atoms with van der Waals surface area (Å²) in [4.78, 5) is 32.3. The lowest BCUT2D eigenvalue weighted by Crippen LogP contribution is -2.27. The number of rotatable bonds is 4. The van der Waals surface area contributed by atoms with Crippen LogP contribution in [-0.4, -0.2) is 32.0 Å². The molecule has 0 aromatic carbocycles. The number of aromatic nitrogens is 2. The highest BCUT2D eigenvalue weighted by molar-refractivity contribution is 7.46. The molecule has 2 heterocycles. The van der Waals surface area contributed by atoms with Gasteiger partial charge in [-0.25, -0.2) is 9.36 Å². The highest BCUT2D eigenvalue weighted by Gasteiger charge is 2.29. The monoisotopic (exact) mass is 291 g/mol. The van der Waals surface area contributed by atoms with Crippen molar-refractivity contribution in [3.05, 3.63) is 22.7 Å². The summed E-state index contributed by atoms with van der Waals surface area (Å²) in [6.45, 7) is -0.224. The first-order valence-electron chi connectivity index (χ1n) is 5.55. The second-order valence-corrected chi connectivity index (χ2v) is 5.36. The van der Waals surface area contributed by atoms with Crippen molar-refractivity contribution in [2.24, 2.45) is 0 Å². The molecule has 0 unspecified atom stereocenters. The smallest absolute Gasteiger partial charge is 0.383 e. The zero-order chi connectivity index (χ0) is 14.0. The van der Waals surface area contributed by atoms with Gasteiger partial charge in [-0.2, -0.15) is 4.98 Å². The molecule has 106 valence electrons. The molecule has 4 N–H and O–H groups in total. The third kappa shape index (κ3) is 3.85. The Morgan fingerprint density at radius 3 is 2.95 bits per heavy atom. The van der Waals surface area contributed by atoms with Crippen molar-refractivity contribution in [2.75, 3.05) is 12.3 Å². The van der Waals surface area contributed by atoms with Crippen LogP contribution >= 0.6 is 7.82 Å². The number of anilines is 1. The maximum Gasteiger partial charge on any atom is 0.469 e. The van der Waals surface area contributed by atoms with Crippen LogP contribution in [0.4, 0.5) is 5.82 Å². The summed E-state index contributed by atoms with van der Waals surface area (Å²) in [6, 6.07) is 1.48. The fourth-order valence-electron chi connectivity index (χ4n) is 1.84. The normalized spacial score (nSPS) is 23.7. The van der Waals surface area contributed by atoms with E-state index in [-0.39, 0.29) is 12.4 Å². The van der Waals surface area contributed by atoms with E-state index >= 15 is 0 Å². The van der Waals surface area contributed by atoms with Gasteiger partial charge in [-0.1, -0.05) is 0 Å². The lowest BCUT2D eigenvalue weighted by molar-refractivity contribution is -0.0242. The zero-order valence-electron chi connectivity index (χ0n) is 9.88. The van der Waals surface area contributed by atoms with Crippen LogP contribution in [0, 0.1) is 0 Å². The van der Waals surface area contributed by atoms with Crippen molar-refractivity contribution in [1.29, 1.82) is 0 Å². The van der Waals surface area contributed by atoms with Crippen molar-refractivity contribution in [2.45, 2.75) is 25.2 Å². The molecule has 1 aromatic heterocycles. The summed E-state index contributed by atoms with van der Waals surface area (Å²) in [7, 11) is -4.50. The van der Waals surface area contributed by atoms with E-state index in [0.29, 0.717) is 12.8 Å². The summed E-state index contributed by atoms with van der Waals surface area (Å²) >= 11 is 0. The quantitative estimate of drug-likeness (QED) is 0.638. The molecule has 0 radical (unpaired) electrons. The number of phosphoric acid groups is 1. The third-order valence-corrected chi connectivity index (χ3v) is 3.16. The Bertz CT molecular complexity index is 555. The highest BCUT2D eigenvalue weighted by Crippen LogP contribution is 2.37. The Morgan fingerprint density at radius 2 is 2.32 bits per heavy atom. The fourth-order valence-corrected chi connectivity index (χ4v) is 2.20. The van der Waals surface area contributed by atoms with Gasteiger partial charge in [-0.05, 0) is 18.9 Å². The number of nitrogen functional groups attached to an aromatic ring is 1. The van der Waals surface area contributed by atoms with Gasteiger partial charge in [0.25, 0.3) is 0 Å². The molecule has 9 nitrogen and oxygen atoms in total. The molecule has 2 atom stereocenters. The summed E-state index contributed by atoms with van der Waals surface area (Å²) in [5, 5.41) is 0. The SMILES string of the molecule is Nc1ccn([C@@H]2CC[C@H](COP(=O)(O)O)O2)c(=O)n1. The Morgan fingerprint density at radius 1 is 1.58 bits per heavy atom. The minimum absolute atomic E-state index is 0.126. The first kappa shape index (κ1) is 14.2. The number of nitrogens with zero attached hydrogens (tertiary/aromatic N) is 2. The van der Waals surface area contributed by atoms with E-state index in [0.717, 1.165) is 0 Å². The van der Waals surface area contributed by atoms with Crippen molar-refractivity contribution in [1.82, 2.24) is 9.55 Å². The number of nitrogens with two attached hydrogens (primary N) is 1. The van der Waals surface area contributed by atoms with Gasteiger partial charge in [-0.15, -0.1) is 0 Å². The molecule has 0 amide bonds. The van der Waals surface area contributed by atoms with Crippen LogP contribution in [0.25, 0.3) is 0 Å². The van der Waals surface area contributed by atoms with E-state index < -0.39 is 25.8 Å². The summed E-state index contributed by atoms with van der Waals surface area (Å²) in [6.07, 6.45) is 1.54. The van der Waals surface area contributed by atoms with Gasteiger partial charge in [0.05, 0.1) is 12.7 Å². The van der Waals surface area contributed by atoms with Crippen LogP contribution in [0.2, 0.25) is 0 Å². The number of ether oxygens (including phenoxy) is 1. The predicted octanol–water partition coefficient (Wildman–Crippen LogP) is -0.388. The van der Waals surface area contributed by atoms with Crippen molar-refractivity contribution >= 4 is 13.6 Å². The van der Waals surface area contributed by atoms with Gasteiger partial charge in [0.2, 0.25) is 0 Å². The molecule has 1 aliphatic heterocycles. The van der Waals surface area contributed by atoms with E-state index in [2.05, 4.69) is 9.51 Å². The van der Waals surface area contributed by atoms with E-state index in [4.69, 9.17) is 20.3 Å². The van der Waals surface area contributed by atoms with Gasteiger partial charge in [0, 0.05) is 6.20 Å². The zero-order valence-corrected chi connectivity index (χ0v) is 10.8. The Balaban J connectivity index is 1.98. The van der Waals surface area contributed by atoms with Crippen LogP contribution in [0.5, 0.6) is 0 Å². The molecule has 1 aromatic rings. The maximum atomic E-state index is 11.6. The topological polar surface area (TPSA) is 137 Å². The number of phosphoric ester groups is 1. The molecule has 19 heavy (non-hydrogen) atoms. The first-order valence-corrected chi connectivity index (χ1v) is 7.08. The Hall–Kier alpha value is -1.25. The van der Waals surface area contributed by atoms with Crippen molar-refractivity contribution in [3.63, 3.8) is 0 Å². The van der Waals surface area contributed by atoms with Crippen LogP contribution in [0.15, 0.2) is 17.1 Å². The molecule has 1 aliphatic rings. The lowest BCUT2D eigenvalue weighted by atomic mass is 10.2. The second-order valence-electron chi connectivity index (χ2n) is 4.12. The minimum Gasteiger partial charge on any atom is -0.383 e. The third-order valence-electron chi connectivity index (χ3n) is 2.68. The maximum absolute atomic E-state index is 11.6. The lowest BCUT2D eigenvalue weighted by Gasteiger charge is -2.15. The first-order chi connectivity index (χ1) is 8.85. The fraction of sp³-hybridized carbons (Fsp3) is 0.556. The second kappa shape index (κ2) is 5.40. The molecule has 0 saturated carbocycles. The van der Waals surface area contributed by atoms with Crippen LogP contribution in [-0.2, 0) is 13.8 Å². The van der Waals surface area contributed by atoms with Gasteiger partial charge in [-0.3, -0.25) is 9.09 Å². The molecule has 0 aliphatic carbocycles. The molecule has 10 heteroatoms. The molecule has 0 bridgehead atoms. The molecule has 0 spiro atoms. The van der Waals surface area contributed by atoms with E-state index in [1.807, 2.05) is 0 Å². The van der Waals surface area contributed by atoms with Crippen LogP contribution in [0.3, 0.4) is 0 Å². The van der Waals surface area contributed by atoms with Crippen LogP contribution in [0.1, 0.15) is 19.1 Å². The van der Waals surface area contributed by atoms with Gasteiger partial charge in [0.15, 0.2) is 0 Å². The van der Waals surface area contributed by atoms with Crippen molar-refractivity contribution in [3.8, 4) is 0 Å². The summed E-state index contributed by atoms with van der Waals surface area (Å²) < 4.78 is 21.7. The van der Waals surface area contributed by atoms with Crippen LogP contribution < -0.4 is 11.4 Å². The van der Waals surface area contributed by atoms with Gasteiger partial charge >= 0.3 is 13.5 Å². The molecular weight excluding hydrogens is 277 g/mol. The standard InChI is InChI=1S/C9H14N3O6P/c10-7-3-4-12(9(13)11-7)8-2-1-6(18-8)5-17-19(14,15)16/h3-4,6,8H,1-2,5H2,(H2,10,11,13)(H2,14,15,16)/t6-,8+/m1/s1. The highest BCUT2D eigenvalue weighted by atomic mass is 31.2. The molecule has 1 saturated heterocycles. The minimum atomic E-state index is -4.50. The Kier molecular flexibility index (Phi) is 4.02. The van der Waals surface area contributed by atoms with Crippen molar-refractivity contribution < 1.29 is 23.6 Å². The predicted molar refractivity (Wildman–Crippen MR) is 64.0 cm³/mol. The number of hydrogen-bond acceptors (Lipinski definition) is 6. The van der Waals surface area contributed by atoms with E-state index in [1.165, 1.54) is 16.8 Å². The summed E-state index contributed by atoms with van der Waals surface area (Å²) in [5.74, 6) is 0.126. The average molecular weight is 291 g/mol. The van der Waals surface area contributed by atoms with Gasteiger partial charge in [0.1, 0.15) is 12.0 Å². The van der Waals surface area contributed by atoms with Gasteiger partial charge < -0.3 is 20.3 Å².